The van der Waals surface area contributed by atoms with Crippen LogP contribution < -0.4 is 4.90 Å². The molecule has 1 aliphatic heterocycles. The van der Waals surface area contributed by atoms with Gasteiger partial charge in [-0.3, -0.25) is 0 Å². The maximum atomic E-state index is 12.0. The Labute approximate surface area is 146 Å². The summed E-state index contributed by atoms with van der Waals surface area (Å²) in [5.74, 6) is 1.16. The van der Waals surface area contributed by atoms with Gasteiger partial charge in [0.2, 0.25) is 10.0 Å². The van der Waals surface area contributed by atoms with Crippen molar-refractivity contribution in [1.82, 2.24) is 14.3 Å². The van der Waals surface area contributed by atoms with Crippen LogP contribution in [-0.2, 0) is 22.9 Å². The molecule has 0 spiro atoms. The lowest BCUT2D eigenvalue weighted by molar-refractivity contribution is 0.385. The van der Waals surface area contributed by atoms with Gasteiger partial charge in [-0.05, 0) is 38.2 Å². The van der Waals surface area contributed by atoms with Crippen LogP contribution in [0.2, 0.25) is 0 Å². The van der Waals surface area contributed by atoms with E-state index in [1.165, 1.54) is 28.7 Å². The molecule has 1 fully saturated rings. The normalized spacial score (nSPS) is 19.6. The van der Waals surface area contributed by atoms with E-state index in [4.69, 9.17) is 0 Å². The van der Waals surface area contributed by atoms with Gasteiger partial charge in [-0.2, -0.15) is 4.31 Å². The van der Waals surface area contributed by atoms with Gasteiger partial charge in [0.15, 0.2) is 0 Å². The highest BCUT2D eigenvalue weighted by molar-refractivity contribution is 7.89. The number of piperazine rings is 1. The monoisotopic (exact) mass is 366 g/mol. The molecule has 0 atom stereocenters. The molecule has 3 heterocycles. The van der Waals surface area contributed by atoms with Crippen LogP contribution in [0.4, 0.5) is 5.82 Å². The molecule has 130 valence electrons. The Morgan fingerprint density at radius 2 is 1.88 bits per heavy atom. The SMILES string of the molecule is CCS(=O)(=O)N1CCN(c2ncnc3sc4c(c23)CCCC4)CC1. The molecule has 8 heteroatoms. The molecule has 0 N–H and O–H groups in total. The smallest absolute Gasteiger partial charge is 0.213 e. The lowest BCUT2D eigenvalue weighted by Gasteiger charge is -2.34. The number of fused-ring (bicyclic) bond motifs is 3. The van der Waals surface area contributed by atoms with E-state index >= 15 is 0 Å². The standard InChI is InChI=1S/C16H22N4O2S2/c1-2-24(21,22)20-9-7-19(8-10-20)15-14-12-5-3-4-6-13(12)23-16(14)18-11-17-15/h11H,2-10H2,1H3. The summed E-state index contributed by atoms with van der Waals surface area (Å²) >= 11 is 1.80. The highest BCUT2D eigenvalue weighted by atomic mass is 32.2. The Kier molecular flexibility index (Phi) is 4.22. The van der Waals surface area contributed by atoms with Gasteiger partial charge in [0, 0.05) is 31.1 Å². The lowest BCUT2D eigenvalue weighted by atomic mass is 9.97. The zero-order chi connectivity index (χ0) is 16.7. The number of anilines is 1. The molecule has 2 aromatic heterocycles. The molecule has 2 aliphatic rings. The molecule has 0 unspecified atom stereocenters. The van der Waals surface area contributed by atoms with Gasteiger partial charge in [-0.15, -0.1) is 11.3 Å². The molecule has 1 aliphatic carbocycles. The molecule has 6 nitrogen and oxygen atoms in total. The molecular formula is C16H22N4O2S2. The van der Waals surface area contributed by atoms with Crippen LogP contribution in [-0.4, -0.2) is 54.6 Å². The second-order valence-electron chi connectivity index (χ2n) is 6.37. The summed E-state index contributed by atoms with van der Waals surface area (Å²) in [7, 11) is -3.10. The van der Waals surface area contributed by atoms with Crippen molar-refractivity contribution in [2.45, 2.75) is 32.6 Å². The topological polar surface area (TPSA) is 66.4 Å². The average Bonchev–Trinajstić information content (AvgIpc) is 3.00. The Balaban J connectivity index is 1.65. The van der Waals surface area contributed by atoms with Gasteiger partial charge in [-0.1, -0.05) is 0 Å². The van der Waals surface area contributed by atoms with Crippen molar-refractivity contribution >= 4 is 37.4 Å². The van der Waals surface area contributed by atoms with Gasteiger partial charge in [0.05, 0.1) is 11.1 Å². The van der Waals surface area contributed by atoms with Crippen LogP contribution in [0.15, 0.2) is 6.33 Å². The average molecular weight is 367 g/mol. The minimum absolute atomic E-state index is 0.169. The van der Waals surface area contributed by atoms with Gasteiger partial charge in [0.1, 0.15) is 17.0 Å². The van der Waals surface area contributed by atoms with Gasteiger partial charge in [-0.25, -0.2) is 18.4 Å². The molecular weight excluding hydrogens is 344 g/mol. The third kappa shape index (κ3) is 2.70. The largest absolute Gasteiger partial charge is 0.353 e. The first-order valence-corrected chi connectivity index (χ1v) is 11.0. The summed E-state index contributed by atoms with van der Waals surface area (Å²) in [6.07, 6.45) is 6.40. The maximum Gasteiger partial charge on any atom is 0.213 e. The van der Waals surface area contributed by atoms with E-state index in [2.05, 4.69) is 14.9 Å². The van der Waals surface area contributed by atoms with Crippen molar-refractivity contribution in [3.05, 3.63) is 16.8 Å². The van der Waals surface area contributed by atoms with E-state index in [1.54, 1.807) is 28.9 Å². The molecule has 24 heavy (non-hydrogen) atoms. The Morgan fingerprint density at radius 3 is 2.62 bits per heavy atom. The number of hydrogen-bond donors (Lipinski definition) is 0. The molecule has 4 rings (SSSR count). The van der Waals surface area contributed by atoms with Crippen LogP contribution in [0, 0.1) is 0 Å². The molecule has 1 saturated heterocycles. The zero-order valence-electron chi connectivity index (χ0n) is 13.9. The van der Waals surface area contributed by atoms with Crippen molar-refractivity contribution in [3.63, 3.8) is 0 Å². The Hall–Kier alpha value is -1.25. The first-order valence-electron chi connectivity index (χ1n) is 8.58. The molecule has 0 amide bonds. The van der Waals surface area contributed by atoms with Gasteiger partial charge in [0.25, 0.3) is 0 Å². The zero-order valence-corrected chi connectivity index (χ0v) is 15.5. The van der Waals surface area contributed by atoms with Crippen LogP contribution >= 0.6 is 11.3 Å². The Morgan fingerprint density at radius 1 is 1.12 bits per heavy atom. The molecule has 0 saturated carbocycles. The van der Waals surface area contributed by atoms with Crippen LogP contribution in [0.5, 0.6) is 0 Å². The number of rotatable bonds is 3. The molecule has 0 radical (unpaired) electrons. The molecule has 0 bridgehead atoms. The predicted octanol–water partition coefficient (Wildman–Crippen LogP) is 2.04. The fourth-order valence-corrected chi connectivity index (χ4v) is 5.98. The maximum absolute atomic E-state index is 12.0. The first kappa shape index (κ1) is 16.2. The fraction of sp³-hybridized carbons (Fsp3) is 0.625. The fourth-order valence-electron chi connectivity index (χ4n) is 3.67. The number of hydrogen-bond acceptors (Lipinski definition) is 6. The first-order chi connectivity index (χ1) is 11.6. The molecule has 0 aromatic carbocycles. The van der Waals surface area contributed by atoms with E-state index in [-0.39, 0.29) is 5.75 Å². The quantitative estimate of drug-likeness (QED) is 0.832. The summed E-state index contributed by atoms with van der Waals surface area (Å²) in [6.45, 7) is 4.15. The summed E-state index contributed by atoms with van der Waals surface area (Å²) in [5, 5.41) is 1.21. The third-order valence-corrected chi connectivity index (χ3v) is 8.11. The summed E-state index contributed by atoms with van der Waals surface area (Å²) < 4.78 is 25.7. The van der Waals surface area contributed by atoms with E-state index < -0.39 is 10.0 Å². The number of aryl methyl sites for hydroxylation is 2. The van der Waals surface area contributed by atoms with Crippen LogP contribution in [0.1, 0.15) is 30.2 Å². The van der Waals surface area contributed by atoms with Crippen molar-refractivity contribution in [2.24, 2.45) is 0 Å². The van der Waals surface area contributed by atoms with E-state index in [1.807, 2.05) is 0 Å². The van der Waals surface area contributed by atoms with E-state index in [9.17, 15) is 8.42 Å². The van der Waals surface area contributed by atoms with Crippen LogP contribution in [0.3, 0.4) is 0 Å². The number of sulfonamides is 1. The van der Waals surface area contributed by atoms with Crippen molar-refractivity contribution in [3.8, 4) is 0 Å². The van der Waals surface area contributed by atoms with Crippen molar-refractivity contribution < 1.29 is 8.42 Å². The van der Waals surface area contributed by atoms with E-state index in [0.717, 1.165) is 23.5 Å². The second-order valence-corrected chi connectivity index (χ2v) is 9.72. The van der Waals surface area contributed by atoms with E-state index in [0.29, 0.717) is 26.2 Å². The summed E-state index contributed by atoms with van der Waals surface area (Å²) in [4.78, 5) is 13.8. The molecule has 2 aromatic rings. The van der Waals surface area contributed by atoms with Crippen molar-refractivity contribution in [2.75, 3.05) is 36.8 Å². The Bertz CT molecular complexity index is 854. The summed E-state index contributed by atoms with van der Waals surface area (Å²) in [5.41, 5.74) is 1.43. The minimum atomic E-state index is -3.10. The minimum Gasteiger partial charge on any atom is -0.353 e. The lowest BCUT2D eigenvalue weighted by Crippen LogP contribution is -2.49. The van der Waals surface area contributed by atoms with Gasteiger partial charge >= 0.3 is 0 Å². The third-order valence-electron chi connectivity index (χ3n) is 5.03. The number of nitrogens with zero attached hydrogens (tertiary/aromatic N) is 4. The predicted molar refractivity (Wildman–Crippen MR) is 97.3 cm³/mol. The van der Waals surface area contributed by atoms with Gasteiger partial charge < -0.3 is 4.90 Å². The van der Waals surface area contributed by atoms with Crippen LogP contribution in [0.25, 0.3) is 10.2 Å². The summed E-state index contributed by atoms with van der Waals surface area (Å²) in [6, 6.07) is 0. The number of aromatic nitrogens is 2. The number of thiophene rings is 1. The highest BCUT2D eigenvalue weighted by Crippen LogP contribution is 2.39. The highest BCUT2D eigenvalue weighted by Gasteiger charge is 2.28. The van der Waals surface area contributed by atoms with Crippen molar-refractivity contribution in [1.29, 1.82) is 0 Å². The second kappa shape index (κ2) is 6.24.